The first-order valence-electron chi connectivity index (χ1n) is 11.7. The SMILES string of the molecule is COc1ccc2c(c1O)C13CCN(C)C(C2)C12C=CC(=O)C3c1c2c(O)c2ccccc2c1O.Cl. The van der Waals surface area contributed by atoms with Crippen molar-refractivity contribution < 1.29 is 24.9 Å². The number of carbonyl (C=O) groups is 1. The number of allylic oxidation sites excluding steroid dienone is 1. The predicted molar refractivity (Wildman–Crippen MR) is 134 cm³/mol. The number of likely N-dealkylation sites (tertiary alicyclic amines) is 1. The standard InChI is InChI=1S/C28H25NO5.ClH/c1-29-12-11-28-21-14(7-8-18(34-2)26(21)33)13-19(29)27(28)10-9-17(30)22(28)20-23(27)25(32)16-6-4-3-5-15(16)24(20)31;/h3-10,19,22,31-33H,11-13H2,1-2H3;1H. The van der Waals surface area contributed by atoms with Crippen molar-refractivity contribution in [3.63, 3.8) is 0 Å². The molecule has 4 unspecified atom stereocenters. The fourth-order valence-electron chi connectivity index (χ4n) is 7.99. The molecular formula is C28H26ClNO5. The zero-order valence-electron chi connectivity index (χ0n) is 19.4. The summed E-state index contributed by atoms with van der Waals surface area (Å²) in [5.74, 6) is -0.248. The third-order valence-corrected chi connectivity index (χ3v) is 9.15. The Labute approximate surface area is 208 Å². The number of phenols is 3. The monoisotopic (exact) mass is 491 g/mol. The number of fused-ring (bicyclic) bond motifs is 4. The number of phenolic OH excluding ortho intramolecular Hbond substituents is 3. The Morgan fingerprint density at radius 1 is 1.00 bits per heavy atom. The molecule has 0 amide bonds. The van der Waals surface area contributed by atoms with Crippen molar-refractivity contribution in [2.75, 3.05) is 20.7 Å². The second-order valence-corrected chi connectivity index (χ2v) is 10.1. The van der Waals surface area contributed by atoms with E-state index in [4.69, 9.17) is 4.74 Å². The van der Waals surface area contributed by atoms with Crippen LogP contribution in [-0.2, 0) is 22.0 Å². The van der Waals surface area contributed by atoms with E-state index >= 15 is 0 Å². The number of hydrogen-bond donors (Lipinski definition) is 3. The lowest BCUT2D eigenvalue weighted by Crippen LogP contribution is -2.68. The van der Waals surface area contributed by atoms with Crippen molar-refractivity contribution in [2.45, 2.75) is 35.6 Å². The van der Waals surface area contributed by atoms with Crippen LogP contribution in [-0.4, -0.2) is 52.7 Å². The molecule has 6 nitrogen and oxygen atoms in total. The summed E-state index contributed by atoms with van der Waals surface area (Å²) in [5, 5.41) is 36.0. The van der Waals surface area contributed by atoms with E-state index in [2.05, 4.69) is 11.9 Å². The number of likely N-dealkylation sites (N-methyl/N-ethyl adjacent to an activating group) is 1. The van der Waals surface area contributed by atoms with Crippen molar-refractivity contribution >= 4 is 29.0 Å². The smallest absolute Gasteiger partial charge is 0.163 e. The first-order chi connectivity index (χ1) is 16.4. The molecule has 180 valence electrons. The molecule has 4 bridgehead atoms. The van der Waals surface area contributed by atoms with Gasteiger partial charge in [-0.2, -0.15) is 0 Å². The maximum Gasteiger partial charge on any atom is 0.163 e. The van der Waals surface area contributed by atoms with E-state index < -0.39 is 16.7 Å². The molecule has 1 fully saturated rings. The van der Waals surface area contributed by atoms with Gasteiger partial charge in [-0.3, -0.25) is 4.79 Å². The molecule has 3 aliphatic carbocycles. The zero-order chi connectivity index (χ0) is 23.6. The van der Waals surface area contributed by atoms with Gasteiger partial charge in [0.05, 0.1) is 13.0 Å². The molecule has 1 aliphatic heterocycles. The van der Waals surface area contributed by atoms with Gasteiger partial charge in [-0.1, -0.05) is 36.4 Å². The van der Waals surface area contributed by atoms with Crippen LogP contribution >= 0.6 is 12.4 Å². The molecule has 0 spiro atoms. The highest BCUT2D eigenvalue weighted by atomic mass is 35.5. The van der Waals surface area contributed by atoms with Crippen molar-refractivity contribution in [3.8, 4) is 23.0 Å². The van der Waals surface area contributed by atoms with Gasteiger partial charge in [0, 0.05) is 44.3 Å². The number of rotatable bonds is 1. The number of nitrogens with zero attached hydrogens (tertiary/aromatic N) is 1. The van der Waals surface area contributed by atoms with Crippen molar-refractivity contribution in [2.24, 2.45) is 0 Å². The maximum atomic E-state index is 13.7. The normalized spacial score (nSPS) is 29.8. The quantitative estimate of drug-likeness (QED) is 0.445. The summed E-state index contributed by atoms with van der Waals surface area (Å²) >= 11 is 0. The van der Waals surface area contributed by atoms with Crippen LogP contribution in [0.15, 0.2) is 48.6 Å². The maximum absolute atomic E-state index is 13.7. The third kappa shape index (κ3) is 2.19. The number of hydrogen-bond acceptors (Lipinski definition) is 6. The molecule has 1 saturated heterocycles. The Hall–Kier alpha value is -3.22. The van der Waals surface area contributed by atoms with Crippen LogP contribution in [0.1, 0.15) is 34.6 Å². The van der Waals surface area contributed by atoms with Gasteiger partial charge in [-0.25, -0.2) is 0 Å². The predicted octanol–water partition coefficient (Wildman–Crippen LogP) is 4.06. The average Bonchev–Trinajstić information content (AvgIpc) is 3.04. The van der Waals surface area contributed by atoms with E-state index in [1.807, 2.05) is 24.3 Å². The Kier molecular flexibility index (Phi) is 4.40. The van der Waals surface area contributed by atoms with Crippen LogP contribution in [0.4, 0.5) is 0 Å². The number of halogens is 1. The molecule has 3 N–H and O–H groups in total. The van der Waals surface area contributed by atoms with Gasteiger partial charge in [-0.05, 0) is 44.1 Å². The molecule has 0 aromatic heterocycles. The minimum Gasteiger partial charge on any atom is -0.507 e. The number of ketones is 1. The fraction of sp³-hybridized carbons (Fsp3) is 0.321. The first kappa shape index (κ1) is 22.3. The van der Waals surface area contributed by atoms with E-state index in [1.54, 1.807) is 24.3 Å². The van der Waals surface area contributed by atoms with Gasteiger partial charge in [0.2, 0.25) is 0 Å². The molecule has 35 heavy (non-hydrogen) atoms. The van der Waals surface area contributed by atoms with Gasteiger partial charge >= 0.3 is 0 Å². The van der Waals surface area contributed by atoms with E-state index in [-0.39, 0.29) is 41.5 Å². The summed E-state index contributed by atoms with van der Waals surface area (Å²) in [7, 11) is 3.60. The molecule has 4 atom stereocenters. The van der Waals surface area contributed by atoms with Crippen LogP contribution in [0.5, 0.6) is 23.0 Å². The highest BCUT2D eigenvalue weighted by Crippen LogP contribution is 2.75. The van der Waals surface area contributed by atoms with Crippen LogP contribution < -0.4 is 4.74 Å². The third-order valence-electron chi connectivity index (χ3n) is 9.15. The van der Waals surface area contributed by atoms with Gasteiger partial charge in [0.1, 0.15) is 11.5 Å². The van der Waals surface area contributed by atoms with Crippen LogP contribution in [0, 0.1) is 0 Å². The Morgan fingerprint density at radius 2 is 1.71 bits per heavy atom. The van der Waals surface area contributed by atoms with Gasteiger partial charge in [-0.15, -0.1) is 12.4 Å². The Balaban J connectivity index is 0.00000229. The molecule has 1 heterocycles. The lowest BCUT2D eigenvalue weighted by atomic mass is 9.44. The largest absolute Gasteiger partial charge is 0.507 e. The van der Waals surface area contributed by atoms with E-state index in [0.717, 1.165) is 17.7 Å². The summed E-state index contributed by atoms with van der Waals surface area (Å²) in [6, 6.07) is 10.9. The molecule has 0 radical (unpaired) electrons. The summed E-state index contributed by atoms with van der Waals surface area (Å²) in [6.07, 6.45) is 4.82. The molecule has 7 rings (SSSR count). The lowest BCUT2D eigenvalue weighted by molar-refractivity contribution is -0.120. The Bertz CT molecular complexity index is 1480. The number of ether oxygens (including phenoxy) is 1. The number of carbonyl (C=O) groups excluding carboxylic acids is 1. The highest BCUT2D eigenvalue weighted by molar-refractivity contribution is 6.07. The van der Waals surface area contributed by atoms with Crippen molar-refractivity contribution in [1.82, 2.24) is 4.90 Å². The number of methoxy groups -OCH3 is 1. The number of piperidine rings is 1. The minimum atomic E-state index is -0.836. The lowest BCUT2D eigenvalue weighted by Gasteiger charge is -2.62. The van der Waals surface area contributed by atoms with Crippen LogP contribution in [0.3, 0.4) is 0 Å². The fourth-order valence-corrected chi connectivity index (χ4v) is 7.99. The average molecular weight is 492 g/mol. The second-order valence-electron chi connectivity index (χ2n) is 10.1. The minimum absolute atomic E-state index is 0. The summed E-state index contributed by atoms with van der Waals surface area (Å²) in [5.41, 5.74) is 1.21. The van der Waals surface area contributed by atoms with Crippen LogP contribution in [0.25, 0.3) is 10.8 Å². The Morgan fingerprint density at radius 3 is 2.43 bits per heavy atom. The van der Waals surface area contributed by atoms with Crippen molar-refractivity contribution in [3.05, 3.63) is 70.8 Å². The van der Waals surface area contributed by atoms with Gasteiger partial charge in [0.15, 0.2) is 17.3 Å². The summed E-state index contributed by atoms with van der Waals surface area (Å²) in [4.78, 5) is 16.0. The van der Waals surface area contributed by atoms with Gasteiger partial charge in [0.25, 0.3) is 0 Å². The van der Waals surface area contributed by atoms with Crippen molar-refractivity contribution in [1.29, 1.82) is 0 Å². The molecule has 3 aromatic rings. The second kappa shape index (κ2) is 6.93. The highest BCUT2D eigenvalue weighted by Gasteiger charge is 2.74. The van der Waals surface area contributed by atoms with E-state index in [9.17, 15) is 20.1 Å². The molecule has 0 saturated carbocycles. The topological polar surface area (TPSA) is 90.2 Å². The number of benzene rings is 3. The van der Waals surface area contributed by atoms with E-state index in [0.29, 0.717) is 40.5 Å². The molecular weight excluding hydrogens is 466 g/mol. The number of aromatic hydroxyl groups is 3. The molecule has 3 aromatic carbocycles. The molecule has 4 aliphatic rings. The first-order valence-corrected chi connectivity index (χ1v) is 11.7. The molecule has 7 heteroatoms. The van der Waals surface area contributed by atoms with Crippen LogP contribution in [0.2, 0.25) is 0 Å². The zero-order valence-corrected chi connectivity index (χ0v) is 20.2. The van der Waals surface area contributed by atoms with Gasteiger partial charge < -0.3 is 25.0 Å². The summed E-state index contributed by atoms with van der Waals surface area (Å²) in [6.45, 7) is 0.731. The summed E-state index contributed by atoms with van der Waals surface area (Å²) < 4.78 is 5.49. The van der Waals surface area contributed by atoms with E-state index in [1.165, 1.54) is 7.11 Å².